The van der Waals surface area contributed by atoms with E-state index in [0.717, 1.165) is 18.8 Å². The zero-order valence-corrected chi connectivity index (χ0v) is 9.57. The number of rotatable bonds is 4. The average molecular weight is 203 g/mol. The maximum atomic E-state index is 8.92. The van der Waals surface area contributed by atoms with Crippen molar-refractivity contribution in [2.24, 2.45) is 5.41 Å². The first-order valence-electron chi connectivity index (χ1n) is 5.03. The number of nitriles is 1. The Balaban J connectivity index is 2.51. The van der Waals surface area contributed by atoms with Crippen molar-refractivity contribution in [3.05, 3.63) is 30.1 Å². The van der Waals surface area contributed by atoms with Crippen LogP contribution in [0.15, 0.2) is 24.4 Å². The minimum atomic E-state index is -0.302. The Morgan fingerprint density at radius 2 is 2.20 bits per heavy atom. The number of hydrogen-bond acceptors (Lipinski definition) is 3. The van der Waals surface area contributed by atoms with Gasteiger partial charge < -0.3 is 0 Å². The van der Waals surface area contributed by atoms with Crippen LogP contribution in [0.3, 0.4) is 0 Å². The molecule has 15 heavy (non-hydrogen) atoms. The maximum absolute atomic E-state index is 8.92. The van der Waals surface area contributed by atoms with Gasteiger partial charge in [-0.1, -0.05) is 6.07 Å². The predicted molar refractivity (Wildman–Crippen MR) is 60.0 cm³/mol. The number of pyridine rings is 1. The first-order valence-corrected chi connectivity index (χ1v) is 5.03. The summed E-state index contributed by atoms with van der Waals surface area (Å²) < 4.78 is 0. The van der Waals surface area contributed by atoms with Gasteiger partial charge >= 0.3 is 0 Å². The number of aromatic nitrogens is 1. The predicted octanol–water partition coefficient (Wildman–Crippen LogP) is 2.06. The topological polar surface area (TPSA) is 39.9 Å². The Kier molecular flexibility index (Phi) is 3.81. The van der Waals surface area contributed by atoms with Gasteiger partial charge in [0.2, 0.25) is 0 Å². The van der Waals surface area contributed by atoms with Gasteiger partial charge in [-0.15, -0.1) is 0 Å². The van der Waals surface area contributed by atoms with Gasteiger partial charge in [0.15, 0.2) is 0 Å². The average Bonchev–Trinajstić information content (AvgIpc) is 2.18. The monoisotopic (exact) mass is 203 g/mol. The molecule has 0 N–H and O–H groups in total. The highest BCUT2D eigenvalue weighted by molar-refractivity contribution is 5.03. The number of nitrogens with zero attached hydrogens (tertiary/aromatic N) is 3. The second-order valence-electron chi connectivity index (χ2n) is 4.49. The molecule has 0 unspecified atom stereocenters. The third-order valence-electron chi connectivity index (χ3n) is 2.13. The summed E-state index contributed by atoms with van der Waals surface area (Å²) in [5, 5.41) is 8.92. The van der Waals surface area contributed by atoms with Crippen LogP contribution in [0.25, 0.3) is 0 Å². The molecule has 0 aliphatic carbocycles. The summed E-state index contributed by atoms with van der Waals surface area (Å²) in [6.45, 7) is 5.43. The highest BCUT2D eigenvalue weighted by Gasteiger charge is 2.19. The molecule has 0 saturated heterocycles. The summed E-state index contributed by atoms with van der Waals surface area (Å²) in [6.07, 6.45) is 1.79. The lowest BCUT2D eigenvalue weighted by atomic mass is 9.95. The van der Waals surface area contributed by atoms with E-state index in [0.29, 0.717) is 0 Å². The standard InChI is InChI=1S/C12H17N3/c1-12(2,9-13)10-15(3)8-11-6-4-5-7-14-11/h4-7H,8,10H2,1-3H3. The van der Waals surface area contributed by atoms with Gasteiger partial charge in [0.25, 0.3) is 0 Å². The second-order valence-corrected chi connectivity index (χ2v) is 4.49. The van der Waals surface area contributed by atoms with Gasteiger partial charge in [-0.25, -0.2) is 0 Å². The van der Waals surface area contributed by atoms with Gasteiger partial charge in [-0.05, 0) is 33.0 Å². The molecular weight excluding hydrogens is 186 g/mol. The van der Waals surface area contributed by atoms with E-state index in [-0.39, 0.29) is 5.41 Å². The van der Waals surface area contributed by atoms with Crippen LogP contribution in [0.5, 0.6) is 0 Å². The van der Waals surface area contributed by atoms with Crippen molar-refractivity contribution in [3.8, 4) is 6.07 Å². The van der Waals surface area contributed by atoms with Crippen molar-refractivity contribution >= 4 is 0 Å². The van der Waals surface area contributed by atoms with Crippen molar-refractivity contribution < 1.29 is 0 Å². The van der Waals surface area contributed by atoms with Gasteiger partial charge in [-0.3, -0.25) is 9.88 Å². The molecule has 0 bridgehead atoms. The van der Waals surface area contributed by atoms with Crippen LogP contribution < -0.4 is 0 Å². The van der Waals surface area contributed by atoms with Crippen LogP contribution >= 0.6 is 0 Å². The molecule has 80 valence electrons. The molecule has 0 aliphatic heterocycles. The van der Waals surface area contributed by atoms with Crippen LogP contribution in [0, 0.1) is 16.7 Å². The minimum Gasteiger partial charge on any atom is -0.299 e. The summed E-state index contributed by atoms with van der Waals surface area (Å²) in [5.74, 6) is 0. The highest BCUT2D eigenvalue weighted by Crippen LogP contribution is 2.15. The summed E-state index contributed by atoms with van der Waals surface area (Å²) >= 11 is 0. The number of hydrogen-bond donors (Lipinski definition) is 0. The van der Waals surface area contributed by atoms with Gasteiger partial charge in [-0.2, -0.15) is 5.26 Å². The summed E-state index contributed by atoms with van der Waals surface area (Å²) in [7, 11) is 2.01. The molecule has 0 aliphatic rings. The molecule has 1 aromatic rings. The van der Waals surface area contributed by atoms with Crippen LogP contribution in [0.2, 0.25) is 0 Å². The van der Waals surface area contributed by atoms with E-state index in [2.05, 4.69) is 16.0 Å². The molecule has 0 fully saturated rings. The van der Waals surface area contributed by atoms with Crippen molar-refractivity contribution in [1.29, 1.82) is 5.26 Å². The lowest BCUT2D eigenvalue weighted by Crippen LogP contribution is -2.30. The van der Waals surface area contributed by atoms with Crippen molar-refractivity contribution in [1.82, 2.24) is 9.88 Å². The molecule has 1 heterocycles. The van der Waals surface area contributed by atoms with Gasteiger partial charge in [0.05, 0.1) is 17.2 Å². The van der Waals surface area contributed by atoms with E-state index in [9.17, 15) is 0 Å². The Bertz CT molecular complexity index is 338. The van der Waals surface area contributed by atoms with E-state index in [1.807, 2.05) is 39.1 Å². The quantitative estimate of drug-likeness (QED) is 0.752. The molecule has 1 aromatic heterocycles. The van der Waals surface area contributed by atoms with E-state index >= 15 is 0 Å². The summed E-state index contributed by atoms with van der Waals surface area (Å²) in [5.41, 5.74) is 0.734. The fourth-order valence-electron chi connectivity index (χ4n) is 1.53. The lowest BCUT2D eigenvalue weighted by molar-refractivity contribution is 0.246. The molecule has 3 nitrogen and oxygen atoms in total. The van der Waals surface area contributed by atoms with E-state index < -0.39 is 0 Å². The molecule has 0 aromatic carbocycles. The Morgan fingerprint density at radius 3 is 2.73 bits per heavy atom. The zero-order chi connectivity index (χ0) is 11.3. The molecule has 1 rings (SSSR count). The highest BCUT2D eigenvalue weighted by atomic mass is 15.1. The molecule has 0 amide bonds. The smallest absolute Gasteiger partial charge is 0.0697 e. The molecule has 0 saturated carbocycles. The van der Waals surface area contributed by atoms with E-state index in [4.69, 9.17) is 5.26 Å². The van der Waals surface area contributed by atoms with Crippen molar-refractivity contribution in [2.45, 2.75) is 20.4 Å². The van der Waals surface area contributed by atoms with Crippen LogP contribution in [-0.4, -0.2) is 23.5 Å². The largest absolute Gasteiger partial charge is 0.299 e. The van der Waals surface area contributed by atoms with Crippen LogP contribution in [0.1, 0.15) is 19.5 Å². The van der Waals surface area contributed by atoms with E-state index in [1.165, 1.54) is 0 Å². The first kappa shape index (κ1) is 11.7. The van der Waals surface area contributed by atoms with Crippen molar-refractivity contribution in [3.63, 3.8) is 0 Å². The minimum absolute atomic E-state index is 0.302. The maximum Gasteiger partial charge on any atom is 0.0697 e. The Hall–Kier alpha value is -1.40. The zero-order valence-electron chi connectivity index (χ0n) is 9.57. The normalized spacial score (nSPS) is 11.4. The molecule has 3 heteroatoms. The third-order valence-corrected chi connectivity index (χ3v) is 2.13. The Morgan fingerprint density at radius 1 is 1.47 bits per heavy atom. The third kappa shape index (κ3) is 4.09. The molecular formula is C12H17N3. The van der Waals surface area contributed by atoms with Gasteiger partial charge in [0, 0.05) is 19.3 Å². The molecule has 0 radical (unpaired) electrons. The molecule has 0 atom stereocenters. The first-order chi connectivity index (χ1) is 7.03. The van der Waals surface area contributed by atoms with Crippen molar-refractivity contribution in [2.75, 3.05) is 13.6 Å². The molecule has 0 spiro atoms. The summed E-state index contributed by atoms with van der Waals surface area (Å²) in [4.78, 5) is 6.37. The summed E-state index contributed by atoms with van der Waals surface area (Å²) in [6, 6.07) is 8.18. The fraction of sp³-hybridized carbons (Fsp3) is 0.500. The van der Waals surface area contributed by atoms with Gasteiger partial charge in [0.1, 0.15) is 0 Å². The SMILES string of the molecule is CN(Cc1ccccn1)CC(C)(C)C#N. The fourth-order valence-corrected chi connectivity index (χ4v) is 1.53. The van der Waals surface area contributed by atoms with E-state index in [1.54, 1.807) is 6.20 Å². The lowest BCUT2D eigenvalue weighted by Gasteiger charge is -2.23. The Labute approximate surface area is 91.4 Å². The second kappa shape index (κ2) is 4.90. The van der Waals surface area contributed by atoms with Crippen LogP contribution in [-0.2, 0) is 6.54 Å². The van der Waals surface area contributed by atoms with Crippen LogP contribution in [0.4, 0.5) is 0 Å².